The molecule has 1 saturated heterocycles. The lowest BCUT2D eigenvalue weighted by atomic mass is 10.1. The van der Waals surface area contributed by atoms with Crippen LogP contribution < -0.4 is 10.3 Å². The number of aryl methyl sites for hydroxylation is 1. The quantitative estimate of drug-likeness (QED) is 0.773. The molecule has 0 bridgehead atoms. The maximum absolute atomic E-state index is 11.8. The van der Waals surface area contributed by atoms with Gasteiger partial charge in [-0.25, -0.2) is 4.98 Å². The molecule has 0 amide bonds. The van der Waals surface area contributed by atoms with Crippen LogP contribution in [0.3, 0.4) is 0 Å². The molecule has 3 aromatic rings. The van der Waals surface area contributed by atoms with E-state index in [2.05, 4.69) is 19.9 Å². The Kier molecular flexibility index (Phi) is 4.11. The minimum Gasteiger partial charge on any atom is -0.486 e. The van der Waals surface area contributed by atoms with E-state index in [4.69, 9.17) is 10.00 Å². The molecule has 1 aliphatic rings. The summed E-state index contributed by atoms with van der Waals surface area (Å²) in [4.78, 5) is 25.3. The molecule has 0 aliphatic carbocycles. The van der Waals surface area contributed by atoms with Crippen molar-refractivity contribution in [3.8, 4) is 11.8 Å². The van der Waals surface area contributed by atoms with Gasteiger partial charge in [0, 0.05) is 31.4 Å². The number of ether oxygens (including phenoxy) is 1. The van der Waals surface area contributed by atoms with Crippen molar-refractivity contribution in [1.82, 2.24) is 19.9 Å². The van der Waals surface area contributed by atoms with Crippen LogP contribution in [0.2, 0.25) is 0 Å². The number of rotatable bonds is 4. The third-order valence-corrected chi connectivity index (χ3v) is 4.42. The average molecular weight is 347 g/mol. The smallest absolute Gasteiger partial charge is 0.251 e. The topological polar surface area (TPSA) is 94.9 Å². The number of aromatic amines is 1. The summed E-state index contributed by atoms with van der Waals surface area (Å²) in [5.74, 6) is 0.675. The first-order valence-corrected chi connectivity index (χ1v) is 8.34. The summed E-state index contributed by atoms with van der Waals surface area (Å²) in [7, 11) is 0. The van der Waals surface area contributed by atoms with Crippen LogP contribution in [-0.4, -0.2) is 39.0 Å². The van der Waals surface area contributed by atoms with Crippen LogP contribution in [0.1, 0.15) is 16.8 Å². The largest absolute Gasteiger partial charge is 0.486 e. The third-order valence-electron chi connectivity index (χ3n) is 4.42. The maximum Gasteiger partial charge on any atom is 0.251 e. The highest BCUT2D eigenvalue weighted by Gasteiger charge is 2.28. The van der Waals surface area contributed by atoms with Crippen LogP contribution in [0.4, 0.5) is 0 Å². The second kappa shape index (κ2) is 6.58. The van der Waals surface area contributed by atoms with Gasteiger partial charge in [-0.3, -0.25) is 14.7 Å². The summed E-state index contributed by atoms with van der Waals surface area (Å²) in [6.45, 7) is 4.15. The van der Waals surface area contributed by atoms with Crippen LogP contribution >= 0.6 is 0 Å². The molecule has 26 heavy (non-hydrogen) atoms. The van der Waals surface area contributed by atoms with Crippen molar-refractivity contribution in [2.75, 3.05) is 13.1 Å². The molecule has 1 aliphatic heterocycles. The number of nitriles is 1. The Bertz CT molecular complexity index is 1050. The van der Waals surface area contributed by atoms with Gasteiger partial charge in [0.2, 0.25) is 0 Å². The molecule has 0 radical (unpaired) electrons. The van der Waals surface area contributed by atoms with Gasteiger partial charge in [-0.2, -0.15) is 5.26 Å². The molecule has 3 aromatic heterocycles. The lowest BCUT2D eigenvalue weighted by Gasteiger charge is -2.38. The number of hydrogen-bond donors (Lipinski definition) is 1. The van der Waals surface area contributed by atoms with E-state index < -0.39 is 0 Å². The molecule has 0 atom stereocenters. The van der Waals surface area contributed by atoms with Gasteiger partial charge in [0.15, 0.2) is 0 Å². The first-order chi connectivity index (χ1) is 12.6. The van der Waals surface area contributed by atoms with Crippen LogP contribution in [0.5, 0.6) is 5.75 Å². The first kappa shape index (κ1) is 16.2. The fraction of sp³-hybridized carbons (Fsp3) is 0.263. The number of likely N-dealkylation sites (tertiary alicyclic amines) is 1. The van der Waals surface area contributed by atoms with Gasteiger partial charge >= 0.3 is 0 Å². The van der Waals surface area contributed by atoms with E-state index >= 15 is 0 Å². The molecule has 130 valence electrons. The number of aromatic nitrogens is 3. The second-order valence-corrected chi connectivity index (χ2v) is 6.48. The number of nitrogens with one attached hydrogen (secondary N) is 1. The van der Waals surface area contributed by atoms with Crippen molar-refractivity contribution in [3.05, 3.63) is 63.8 Å². The monoisotopic (exact) mass is 347 g/mol. The van der Waals surface area contributed by atoms with E-state index in [9.17, 15) is 4.79 Å². The molecule has 0 unspecified atom stereocenters. The minimum atomic E-state index is -0.0788. The molecule has 4 heterocycles. The van der Waals surface area contributed by atoms with Crippen LogP contribution in [0, 0.1) is 18.3 Å². The minimum absolute atomic E-state index is 0.0788. The van der Waals surface area contributed by atoms with Gasteiger partial charge in [0.1, 0.15) is 23.6 Å². The molecule has 7 heteroatoms. The number of H-pyrrole nitrogens is 1. The van der Waals surface area contributed by atoms with Crippen LogP contribution in [0.15, 0.2) is 41.5 Å². The lowest BCUT2D eigenvalue weighted by Crippen LogP contribution is -2.53. The Balaban J connectivity index is 1.36. The van der Waals surface area contributed by atoms with Crippen molar-refractivity contribution in [3.63, 3.8) is 0 Å². The average Bonchev–Trinajstić information content (AvgIpc) is 2.61. The summed E-state index contributed by atoms with van der Waals surface area (Å²) in [6, 6.07) is 9.17. The van der Waals surface area contributed by atoms with Crippen molar-refractivity contribution in [1.29, 1.82) is 5.26 Å². The number of nitrogens with zero attached hydrogens (tertiary/aromatic N) is 4. The summed E-state index contributed by atoms with van der Waals surface area (Å²) < 4.78 is 5.84. The Labute approximate surface area is 149 Å². The molecular formula is C19H17N5O2. The van der Waals surface area contributed by atoms with E-state index in [1.54, 1.807) is 31.3 Å². The van der Waals surface area contributed by atoms with Crippen LogP contribution in [0.25, 0.3) is 11.0 Å². The van der Waals surface area contributed by atoms with Crippen molar-refractivity contribution in [2.45, 2.75) is 19.6 Å². The molecule has 7 nitrogen and oxygen atoms in total. The van der Waals surface area contributed by atoms with E-state index in [0.29, 0.717) is 17.0 Å². The molecule has 0 aromatic carbocycles. The highest BCUT2D eigenvalue weighted by atomic mass is 16.5. The number of fused-ring (bicyclic) bond motifs is 1. The van der Waals surface area contributed by atoms with Gasteiger partial charge in [0.25, 0.3) is 5.56 Å². The molecule has 0 saturated carbocycles. The zero-order valence-electron chi connectivity index (χ0n) is 14.3. The van der Waals surface area contributed by atoms with Gasteiger partial charge in [0.05, 0.1) is 17.2 Å². The highest BCUT2D eigenvalue weighted by molar-refractivity contribution is 5.74. The molecule has 1 N–H and O–H groups in total. The van der Waals surface area contributed by atoms with Gasteiger partial charge in [-0.1, -0.05) is 0 Å². The Morgan fingerprint density at radius 3 is 2.88 bits per heavy atom. The number of hydrogen-bond acceptors (Lipinski definition) is 6. The van der Waals surface area contributed by atoms with Crippen molar-refractivity contribution in [2.24, 2.45) is 0 Å². The zero-order valence-corrected chi connectivity index (χ0v) is 14.3. The second-order valence-electron chi connectivity index (χ2n) is 6.48. The van der Waals surface area contributed by atoms with Gasteiger partial charge in [-0.15, -0.1) is 0 Å². The summed E-state index contributed by atoms with van der Waals surface area (Å²) >= 11 is 0. The Hall–Kier alpha value is -3.24. The van der Waals surface area contributed by atoms with Gasteiger partial charge in [-0.05, 0) is 36.8 Å². The lowest BCUT2D eigenvalue weighted by molar-refractivity contribution is 0.0143. The Morgan fingerprint density at radius 1 is 1.31 bits per heavy atom. The predicted molar refractivity (Wildman–Crippen MR) is 95.7 cm³/mol. The standard InChI is InChI=1S/C19H17N5O2/c1-12-4-17-18(23-19(12)25)5-13(7-22-17)9-24-10-16(11-24)26-15-3-2-14(6-20)21-8-15/h2-5,7-8,16H,9-11H2,1H3,(H,23,25). The summed E-state index contributed by atoms with van der Waals surface area (Å²) in [5, 5.41) is 8.75. The fourth-order valence-electron chi connectivity index (χ4n) is 3.00. The van der Waals surface area contributed by atoms with E-state index in [1.165, 1.54) is 0 Å². The zero-order chi connectivity index (χ0) is 18.1. The van der Waals surface area contributed by atoms with Gasteiger partial charge < -0.3 is 9.72 Å². The first-order valence-electron chi connectivity index (χ1n) is 8.34. The Morgan fingerprint density at radius 2 is 2.15 bits per heavy atom. The van der Waals surface area contributed by atoms with E-state index in [-0.39, 0.29) is 11.7 Å². The summed E-state index contributed by atoms with van der Waals surface area (Å²) in [6.07, 6.45) is 3.53. The molecule has 4 rings (SSSR count). The fourth-order valence-corrected chi connectivity index (χ4v) is 3.00. The molecular weight excluding hydrogens is 330 g/mol. The maximum atomic E-state index is 11.8. The predicted octanol–water partition coefficient (Wildman–Crippen LogP) is 1.76. The highest BCUT2D eigenvalue weighted by Crippen LogP contribution is 2.20. The normalized spacial score (nSPS) is 14.8. The van der Waals surface area contributed by atoms with Crippen LogP contribution in [-0.2, 0) is 6.54 Å². The third kappa shape index (κ3) is 3.27. The molecule has 0 spiro atoms. The van der Waals surface area contributed by atoms with Crippen molar-refractivity contribution < 1.29 is 4.74 Å². The van der Waals surface area contributed by atoms with E-state index in [0.717, 1.165) is 36.2 Å². The summed E-state index contributed by atoms with van der Waals surface area (Å²) in [5.41, 5.74) is 3.57. The molecule has 1 fully saturated rings. The SMILES string of the molecule is Cc1cc2ncc(CN3CC(Oc4ccc(C#N)nc4)C3)cc2[nH]c1=O. The number of pyridine rings is 3. The van der Waals surface area contributed by atoms with E-state index in [1.807, 2.05) is 18.3 Å². The van der Waals surface area contributed by atoms with Crippen molar-refractivity contribution >= 4 is 11.0 Å².